The molecule has 2 rings (SSSR count). The maximum Gasteiger partial charge on any atom is 0.344 e. The van der Waals surface area contributed by atoms with Gasteiger partial charge in [-0.1, -0.05) is 25.5 Å². The van der Waals surface area contributed by atoms with E-state index in [2.05, 4.69) is 41.5 Å². The highest BCUT2D eigenvalue weighted by Crippen LogP contribution is 2.13. The van der Waals surface area contributed by atoms with E-state index in [0.29, 0.717) is 50.0 Å². The van der Waals surface area contributed by atoms with Crippen LogP contribution in [-0.2, 0) is 25.7 Å². The predicted molar refractivity (Wildman–Crippen MR) is 156 cm³/mol. The number of hydrogen-bond donors (Lipinski definition) is 6. The molecule has 0 aromatic carbocycles. The first-order chi connectivity index (χ1) is 20.1. The molecule has 0 saturated carbocycles. The van der Waals surface area contributed by atoms with Crippen LogP contribution in [0.5, 0.6) is 0 Å². The van der Waals surface area contributed by atoms with Crippen LogP contribution in [-0.4, -0.2) is 88.1 Å². The van der Waals surface area contributed by atoms with E-state index >= 15 is 0 Å². The molecule has 15 nitrogen and oxygen atoms in total. The predicted octanol–water partition coefficient (Wildman–Crippen LogP) is -1.30. The van der Waals surface area contributed by atoms with Crippen molar-refractivity contribution in [2.75, 3.05) is 19.5 Å². The molecule has 2 radical (unpaired) electrons. The van der Waals surface area contributed by atoms with Crippen molar-refractivity contribution >= 4 is 31.5 Å². The van der Waals surface area contributed by atoms with E-state index < -0.39 is 35.5 Å². The summed E-state index contributed by atoms with van der Waals surface area (Å²) in [6, 6.07) is -1.72. The Hall–Kier alpha value is -4.08. The molecule has 0 aliphatic carbocycles. The minimum atomic E-state index is -0.884. The third kappa shape index (κ3) is 12.2. The van der Waals surface area contributed by atoms with Gasteiger partial charge in [-0.3, -0.25) is 23.9 Å². The fraction of sp³-hybridized carbons (Fsp3) is 0.615. The van der Waals surface area contributed by atoms with Gasteiger partial charge in [0.05, 0.1) is 20.6 Å². The van der Waals surface area contributed by atoms with Gasteiger partial charge in [-0.2, -0.15) is 0 Å². The minimum Gasteiger partial charge on any atom is -0.364 e. The van der Waals surface area contributed by atoms with E-state index in [0.717, 1.165) is 12.8 Å². The van der Waals surface area contributed by atoms with Gasteiger partial charge in [-0.25, -0.2) is 9.78 Å². The lowest BCUT2D eigenvalue weighted by Crippen LogP contribution is -2.56. The molecule has 2 aromatic heterocycles. The van der Waals surface area contributed by atoms with Gasteiger partial charge in [-0.15, -0.1) is 5.10 Å². The number of nitrogens with zero attached hydrogens (tertiary/aromatic N) is 4. The van der Waals surface area contributed by atoms with Crippen LogP contribution >= 0.6 is 0 Å². The molecule has 0 spiro atoms. The van der Waals surface area contributed by atoms with Gasteiger partial charge in [0, 0.05) is 30.9 Å². The van der Waals surface area contributed by atoms with E-state index in [-0.39, 0.29) is 31.2 Å². The summed E-state index contributed by atoms with van der Waals surface area (Å²) in [5.41, 5.74) is 6.37. The number of H-pyrrole nitrogens is 1. The normalized spacial score (nSPS) is 12.4. The Kier molecular flexibility index (Phi) is 14.9. The smallest absolute Gasteiger partial charge is 0.344 e. The summed E-state index contributed by atoms with van der Waals surface area (Å²) in [4.78, 5) is 67.4. The van der Waals surface area contributed by atoms with E-state index in [9.17, 15) is 24.0 Å². The molecule has 0 unspecified atom stereocenters. The molecule has 0 saturated heterocycles. The number of amides is 4. The highest BCUT2D eigenvalue weighted by atomic mass is 16.2. The number of rotatable bonds is 19. The van der Waals surface area contributed by atoms with E-state index in [1.54, 1.807) is 24.7 Å². The van der Waals surface area contributed by atoms with Crippen molar-refractivity contribution in [2.45, 2.75) is 77.4 Å². The molecule has 0 aliphatic heterocycles. The maximum atomic E-state index is 13.1. The number of nitrogens with one attached hydrogen (secondary N) is 5. The van der Waals surface area contributed by atoms with Crippen LogP contribution in [0.25, 0.3) is 11.3 Å². The Balaban J connectivity index is 1.81. The average molecular weight is 584 g/mol. The number of aryl methyl sites for hydroxylation is 1. The van der Waals surface area contributed by atoms with Crippen LogP contribution in [0.3, 0.4) is 0 Å². The summed E-state index contributed by atoms with van der Waals surface area (Å²) in [5, 5.41) is 18.6. The number of carbonyl (C=O) groups is 4. The van der Waals surface area contributed by atoms with E-state index in [4.69, 9.17) is 13.6 Å². The maximum absolute atomic E-state index is 13.1. The summed E-state index contributed by atoms with van der Waals surface area (Å²) in [6.07, 6.45) is 8.61. The second-order valence-electron chi connectivity index (χ2n) is 10.1. The van der Waals surface area contributed by atoms with Gasteiger partial charge in [0.25, 0.3) is 0 Å². The molecule has 228 valence electrons. The van der Waals surface area contributed by atoms with Gasteiger partial charge in [0.15, 0.2) is 0 Å². The molecule has 0 aliphatic rings. The molecular formula is C26H41BN10O5. The number of unbranched alkanes of at least 4 members (excludes halogenated alkanes) is 3. The Morgan fingerprint density at radius 1 is 1.02 bits per heavy atom. The van der Waals surface area contributed by atoms with Crippen molar-refractivity contribution in [2.24, 2.45) is 11.7 Å². The number of carbonyl (C=O) groups excluding carboxylic acids is 4. The van der Waals surface area contributed by atoms with Crippen LogP contribution < -0.4 is 32.7 Å². The third-order valence-electron chi connectivity index (χ3n) is 6.37. The molecule has 42 heavy (non-hydrogen) atoms. The van der Waals surface area contributed by atoms with Crippen LogP contribution in [0, 0.1) is 5.92 Å². The highest BCUT2D eigenvalue weighted by molar-refractivity contribution is 6.10. The van der Waals surface area contributed by atoms with Crippen molar-refractivity contribution in [1.82, 2.24) is 46.2 Å². The topological polar surface area (TPSA) is 219 Å². The molecule has 4 amide bonds. The molecular weight excluding hydrogens is 543 g/mol. The molecule has 0 fully saturated rings. The van der Waals surface area contributed by atoms with Crippen molar-refractivity contribution in [3.63, 3.8) is 0 Å². The van der Waals surface area contributed by atoms with E-state index in [1.165, 1.54) is 12.4 Å². The summed E-state index contributed by atoms with van der Waals surface area (Å²) >= 11 is 0. The second-order valence-corrected chi connectivity index (χ2v) is 10.1. The first-order valence-corrected chi connectivity index (χ1v) is 14.1. The standard InChI is InChI=1S/C26H41BN10O5/c1-17(2)23(25(41)33-19(8-5-6-10-28)24(40)29-14-22(39)32-16-27)34-21(38)9-4-3-7-11-37-15-20(35-36-37)18-12-30-26(42)31-13-18/h12-13,15,17,19,23H,3-11,14,16,28H2,1-2H3,(H,29,40)(H,32,39)(H,33,41)(H,34,38)(H,30,31,42)/t19-,23-/m0/s1. The lowest BCUT2D eigenvalue weighted by molar-refractivity contribution is -0.133. The second kappa shape index (κ2) is 18.4. The number of aromatic amines is 1. The van der Waals surface area contributed by atoms with Gasteiger partial charge in [0.2, 0.25) is 23.6 Å². The Labute approximate surface area is 246 Å². The Bertz CT molecular complexity index is 1200. The van der Waals surface area contributed by atoms with Crippen LogP contribution in [0.4, 0.5) is 0 Å². The molecule has 0 bridgehead atoms. The molecule has 2 atom stereocenters. The third-order valence-corrected chi connectivity index (χ3v) is 6.37. The van der Waals surface area contributed by atoms with Gasteiger partial charge in [-0.05, 0) is 51.0 Å². The van der Waals surface area contributed by atoms with Crippen molar-refractivity contribution in [3.05, 3.63) is 29.1 Å². The van der Waals surface area contributed by atoms with Crippen molar-refractivity contribution in [3.8, 4) is 11.3 Å². The number of nitrogens with two attached hydrogens (primary N) is 1. The molecule has 7 N–H and O–H groups in total. The van der Waals surface area contributed by atoms with Crippen molar-refractivity contribution < 1.29 is 19.2 Å². The zero-order valence-corrected chi connectivity index (χ0v) is 24.2. The Morgan fingerprint density at radius 2 is 1.81 bits per heavy atom. The Morgan fingerprint density at radius 3 is 2.48 bits per heavy atom. The van der Waals surface area contributed by atoms with Gasteiger partial charge < -0.3 is 32.0 Å². The quantitative estimate of drug-likeness (QED) is 0.0853. The fourth-order valence-electron chi connectivity index (χ4n) is 4.03. The van der Waals surface area contributed by atoms with Crippen LogP contribution in [0.2, 0.25) is 0 Å². The highest BCUT2D eigenvalue weighted by Gasteiger charge is 2.28. The lowest BCUT2D eigenvalue weighted by atomic mass is 10.0. The SMILES string of the molecule is [B]CNC(=O)CNC(=O)[C@H](CCCCN)NC(=O)[C@@H](NC(=O)CCCCCn1cc(-c2cnc(=O)[nH]c2)nn1)C(C)C. The molecule has 2 aromatic rings. The first-order valence-electron chi connectivity index (χ1n) is 14.1. The van der Waals surface area contributed by atoms with Gasteiger partial charge >= 0.3 is 5.69 Å². The summed E-state index contributed by atoms with van der Waals surface area (Å²) in [7, 11) is 5.27. The molecule has 2 heterocycles. The largest absolute Gasteiger partial charge is 0.364 e. The van der Waals surface area contributed by atoms with Crippen molar-refractivity contribution in [1.29, 1.82) is 0 Å². The summed E-state index contributed by atoms with van der Waals surface area (Å²) < 4.78 is 1.68. The van der Waals surface area contributed by atoms with E-state index in [1.807, 2.05) is 0 Å². The monoisotopic (exact) mass is 584 g/mol. The number of hydrogen-bond acceptors (Lipinski definition) is 9. The average Bonchev–Trinajstić information content (AvgIpc) is 3.43. The van der Waals surface area contributed by atoms with Crippen LogP contribution in [0.15, 0.2) is 23.4 Å². The summed E-state index contributed by atoms with van der Waals surface area (Å²) in [6.45, 7) is 4.39. The lowest BCUT2D eigenvalue weighted by Gasteiger charge is -2.25. The van der Waals surface area contributed by atoms with Gasteiger partial charge in [0.1, 0.15) is 17.8 Å². The van der Waals surface area contributed by atoms with Crippen LogP contribution in [0.1, 0.15) is 58.8 Å². The summed E-state index contributed by atoms with van der Waals surface area (Å²) in [5.74, 6) is -1.91. The zero-order chi connectivity index (χ0) is 30.9. The molecule has 16 heteroatoms. The minimum absolute atomic E-state index is 0.0542. The fourth-order valence-corrected chi connectivity index (χ4v) is 4.03. The number of aromatic nitrogens is 5. The zero-order valence-electron chi connectivity index (χ0n) is 24.2. The first kappa shape index (κ1) is 34.1.